The van der Waals surface area contributed by atoms with Crippen LogP contribution in [0.1, 0.15) is 25.5 Å². The molecule has 0 radical (unpaired) electrons. The first-order valence-electron chi connectivity index (χ1n) is 10.1. The maximum Gasteiger partial charge on any atom is 0.338 e. The molecule has 2 aliphatic heterocycles. The van der Waals surface area contributed by atoms with Crippen molar-refractivity contribution in [2.75, 3.05) is 24.7 Å². The number of nitrogens with one attached hydrogen (secondary N) is 1. The molecule has 2 heterocycles. The second kappa shape index (κ2) is 9.24. The molecule has 2 aromatic rings. The van der Waals surface area contributed by atoms with Crippen LogP contribution >= 0.6 is 23.8 Å². The van der Waals surface area contributed by atoms with Crippen LogP contribution in [0.5, 0.6) is 11.5 Å². The van der Waals surface area contributed by atoms with Crippen molar-refractivity contribution in [3.05, 3.63) is 68.4 Å². The van der Waals surface area contributed by atoms with E-state index >= 15 is 0 Å². The lowest BCUT2D eigenvalue weighted by Crippen LogP contribution is -2.48. The number of allylic oxidation sites excluding steroid dienone is 1. The standard InChI is InChI=1S/C22H20ClN3O6S/c1-3-30-21(27)19-12(2)25(13-5-7-17-18(11-13)32-9-8-31-17)22(33)24-20(19)15-10-14(26(28)29)4-6-16(15)23/h4-7,10-11,20H,3,8-9H2,1-2H3,(H,24,33). The lowest BCUT2D eigenvalue weighted by Gasteiger charge is -2.38. The Hall–Kier alpha value is -3.37. The average Bonchev–Trinajstić information content (AvgIpc) is 2.79. The van der Waals surface area contributed by atoms with Gasteiger partial charge in [-0.2, -0.15) is 0 Å². The van der Waals surface area contributed by atoms with E-state index in [4.69, 9.17) is 38.0 Å². The average molecular weight is 490 g/mol. The molecule has 0 aliphatic carbocycles. The van der Waals surface area contributed by atoms with E-state index in [0.717, 1.165) is 0 Å². The first-order valence-corrected chi connectivity index (χ1v) is 10.9. The van der Waals surface area contributed by atoms with Gasteiger partial charge in [0, 0.05) is 34.5 Å². The number of carbonyl (C=O) groups excluding carboxylic acids is 1. The number of rotatable bonds is 5. The molecule has 1 unspecified atom stereocenters. The van der Waals surface area contributed by atoms with Crippen molar-refractivity contribution >= 4 is 46.3 Å². The number of thiocarbonyl (C=S) groups is 1. The Labute approximate surface area is 200 Å². The Morgan fingerprint density at radius 2 is 2.00 bits per heavy atom. The number of nitro benzene ring substituents is 1. The monoisotopic (exact) mass is 489 g/mol. The van der Waals surface area contributed by atoms with Crippen LogP contribution in [0.25, 0.3) is 0 Å². The Morgan fingerprint density at radius 3 is 2.70 bits per heavy atom. The SMILES string of the molecule is CCOC(=O)C1=C(C)N(c2ccc3c(c2)OCCO3)C(=S)NC1c1cc([N+](=O)[O-])ccc1Cl. The van der Waals surface area contributed by atoms with E-state index in [9.17, 15) is 14.9 Å². The highest BCUT2D eigenvalue weighted by atomic mass is 35.5. The normalized spacial score (nSPS) is 17.5. The molecule has 1 N–H and O–H groups in total. The Bertz CT molecular complexity index is 1180. The molecule has 33 heavy (non-hydrogen) atoms. The first-order chi connectivity index (χ1) is 15.8. The van der Waals surface area contributed by atoms with Crippen molar-refractivity contribution in [1.82, 2.24) is 5.32 Å². The molecule has 0 bridgehead atoms. The van der Waals surface area contributed by atoms with Gasteiger partial charge >= 0.3 is 5.97 Å². The van der Waals surface area contributed by atoms with Crippen LogP contribution in [0, 0.1) is 10.1 Å². The van der Waals surface area contributed by atoms with Gasteiger partial charge in [-0.25, -0.2) is 4.79 Å². The molecule has 4 rings (SSSR count). The maximum atomic E-state index is 13.0. The molecule has 0 saturated heterocycles. The molecular weight excluding hydrogens is 470 g/mol. The summed E-state index contributed by atoms with van der Waals surface area (Å²) in [4.78, 5) is 25.5. The molecule has 0 spiro atoms. The number of hydrogen-bond donors (Lipinski definition) is 1. The van der Waals surface area contributed by atoms with Gasteiger partial charge in [-0.05, 0) is 44.3 Å². The summed E-state index contributed by atoms with van der Waals surface area (Å²) >= 11 is 12.0. The van der Waals surface area contributed by atoms with Crippen LogP contribution in [0.15, 0.2) is 47.7 Å². The maximum absolute atomic E-state index is 13.0. The van der Waals surface area contributed by atoms with Crippen LogP contribution in [0.3, 0.4) is 0 Å². The van der Waals surface area contributed by atoms with Crippen LogP contribution in [0.2, 0.25) is 5.02 Å². The molecule has 0 saturated carbocycles. The highest BCUT2D eigenvalue weighted by Crippen LogP contribution is 2.40. The number of benzene rings is 2. The Kier molecular flexibility index (Phi) is 6.39. The molecule has 9 nitrogen and oxygen atoms in total. The molecule has 172 valence electrons. The van der Waals surface area contributed by atoms with Gasteiger partial charge in [0.1, 0.15) is 13.2 Å². The van der Waals surface area contributed by atoms with E-state index in [1.807, 2.05) is 0 Å². The predicted molar refractivity (Wildman–Crippen MR) is 126 cm³/mol. The highest BCUT2D eigenvalue weighted by molar-refractivity contribution is 7.80. The van der Waals surface area contributed by atoms with Gasteiger partial charge in [0.05, 0.1) is 28.8 Å². The fourth-order valence-electron chi connectivity index (χ4n) is 3.80. The zero-order valence-electron chi connectivity index (χ0n) is 17.8. The number of anilines is 1. The zero-order valence-corrected chi connectivity index (χ0v) is 19.4. The Morgan fingerprint density at radius 1 is 1.27 bits per heavy atom. The fraction of sp³-hybridized carbons (Fsp3) is 0.273. The van der Waals surface area contributed by atoms with Crippen LogP contribution in [-0.4, -0.2) is 35.8 Å². The van der Waals surface area contributed by atoms with E-state index in [-0.39, 0.29) is 28.0 Å². The summed E-state index contributed by atoms with van der Waals surface area (Å²) in [6.45, 7) is 4.47. The molecule has 0 aromatic heterocycles. The summed E-state index contributed by atoms with van der Waals surface area (Å²) in [5, 5.41) is 15.0. The topological polar surface area (TPSA) is 103 Å². The van der Waals surface area contributed by atoms with E-state index in [1.165, 1.54) is 18.2 Å². The molecule has 0 amide bonds. The number of ether oxygens (including phenoxy) is 3. The molecular formula is C22H20ClN3O6S. The quantitative estimate of drug-likeness (QED) is 0.285. The smallest absolute Gasteiger partial charge is 0.338 e. The molecule has 0 fully saturated rings. The summed E-state index contributed by atoms with van der Waals surface area (Å²) in [7, 11) is 0. The van der Waals surface area contributed by atoms with Gasteiger partial charge in [0.2, 0.25) is 0 Å². The number of non-ortho nitro benzene ring substituents is 1. The van der Waals surface area contributed by atoms with Crippen molar-refractivity contribution in [1.29, 1.82) is 0 Å². The van der Waals surface area contributed by atoms with Crippen LogP contribution in [0.4, 0.5) is 11.4 Å². The molecule has 2 aromatic carbocycles. The largest absolute Gasteiger partial charge is 0.486 e. The van der Waals surface area contributed by atoms with Crippen molar-refractivity contribution in [2.45, 2.75) is 19.9 Å². The first kappa shape index (κ1) is 22.8. The lowest BCUT2D eigenvalue weighted by molar-refractivity contribution is -0.384. The van der Waals surface area contributed by atoms with E-state index in [1.54, 1.807) is 36.9 Å². The van der Waals surface area contributed by atoms with Gasteiger partial charge < -0.3 is 19.5 Å². The number of hydrogen-bond acceptors (Lipinski definition) is 7. The summed E-state index contributed by atoms with van der Waals surface area (Å²) in [5.41, 5.74) is 1.58. The predicted octanol–water partition coefficient (Wildman–Crippen LogP) is 4.29. The molecule has 1 atom stereocenters. The highest BCUT2D eigenvalue weighted by Gasteiger charge is 2.37. The third kappa shape index (κ3) is 4.31. The van der Waals surface area contributed by atoms with Gasteiger partial charge in [-0.1, -0.05) is 11.6 Å². The van der Waals surface area contributed by atoms with Crippen LogP contribution in [-0.2, 0) is 9.53 Å². The van der Waals surface area contributed by atoms with E-state index in [0.29, 0.717) is 41.7 Å². The third-order valence-electron chi connectivity index (χ3n) is 5.27. The second-order valence-corrected chi connectivity index (χ2v) is 8.02. The summed E-state index contributed by atoms with van der Waals surface area (Å²) in [5.74, 6) is 0.602. The van der Waals surface area contributed by atoms with Crippen molar-refractivity contribution in [3.8, 4) is 11.5 Å². The Balaban J connectivity index is 1.84. The van der Waals surface area contributed by atoms with Gasteiger partial charge in [0.25, 0.3) is 5.69 Å². The number of carbonyl (C=O) groups is 1. The minimum absolute atomic E-state index is 0.152. The minimum atomic E-state index is -0.836. The number of nitro groups is 1. The number of fused-ring (bicyclic) bond motifs is 1. The summed E-state index contributed by atoms with van der Waals surface area (Å²) in [6.07, 6.45) is 0. The van der Waals surface area contributed by atoms with E-state index in [2.05, 4.69) is 5.32 Å². The van der Waals surface area contributed by atoms with Gasteiger partial charge in [0.15, 0.2) is 16.6 Å². The minimum Gasteiger partial charge on any atom is -0.486 e. The molecule has 2 aliphatic rings. The number of nitrogens with zero attached hydrogens (tertiary/aromatic N) is 2. The fourth-order valence-corrected chi connectivity index (χ4v) is 4.38. The lowest BCUT2D eigenvalue weighted by atomic mass is 9.94. The van der Waals surface area contributed by atoms with Crippen molar-refractivity contribution in [2.24, 2.45) is 0 Å². The van der Waals surface area contributed by atoms with Crippen molar-refractivity contribution < 1.29 is 23.9 Å². The number of esters is 1. The van der Waals surface area contributed by atoms with Crippen molar-refractivity contribution in [3.63, 3.8) is 0 Å². The second-order valence-electron chi connectivity index (χ2n) is 7.23. The summed E-state index contributed by atoms with van der Waals surface area (Å²) in [6, 6.07) is 8.56. The van der Waals surface area contributed by atoms with Crippen LogP contribution < -0.4 is 19.7 Å². The van der Waals surface area contributed by atoms with Gasteiger partial charge in [-0.3, -0.25) is 15.0 Å². The van der Waals surface area contributed by atoms with Gasteiger partial charge in [-0.15, -0.1) is 0 Å². The molecule has 11 heteroatoms. The third-order valence-corrected chi connectivity index (χ3v) is 5.91. The summed E-state index contributed by atoms with van der Waals surface area (Å²) < 4.78 is 16.6. The van der Waals surface area contributed by atoms with E-state index < -0.39 is 16.9 Å². The number of halogens is 1. The zero-order chi connectivity index (χ0) is 23.7.